The number of carbonyl (C=O) groups excluding carboxylic acids is 1. The molecule has 88 valence electrons. The third-order valence-corrected chi connectivity index (χ3v) is 4.33. The van der Waals surface area contributed by atoms with Gasteiger partial charge in [-0.2, -0.15) is 0 Å². The van der Waals surface area contributed by atoms with E-state index in [1.807, 2.05) is 30.3 Å². The van der Waals surface area contributed by atoms with E-state index in [-0.39, 0.29) is 0 Å². The smallest absolute Gasteiger partial charge is 0.150 e. The maximum atomic E-state index is 10.0. The zero-order chi connectivity index (χ0) is 12.7. The van der Waals surface area contributed by atoms with E-state index in [1.54, 1.807) is 12.1 Å². The van der Waals surface area contributed by atoms with Gasteiger partial charge in [-0.25, -0.2) is 0 Å². The van der Waals surface area contributed by atoms with Crippen molar-refractivity contribution in [1.82, 2.24) is 0 Å². The molecule has 17 heavy (non-hydrogen) atoms. The highest BCUT2D eigenvalue weighted by atomic mass is 79.9. The standard InChI is InChI=1S/C7H6Br2.C7H6O/c1-5-3-2-4-6(8)7(5)9;8-6-7-4-2-1-3-5-7/h2-4H,1H3;1-6H. The molecule has 0 amide bonds. The Hall–Kier alpha value is -0.930. The van der Waals surface area contributed by atoms with Crippen LogP contribution in [0.2, 0.25) is 0 Å². The molecule has 0 aliphatic rings. The van der Waals surface area contributed by atoms with Crippen molar-refractivity contribution < 1.29 is 4.79 Å². The van der Waals surface area contributed by atoms with E-state index < -0.39 is 0 Å². The van der Waals surface area contributed by atoms with Crippen LogP contribution >= 0.6 is 31.9 Å². The molecule has 0 aliphatic carbocycles. The van der Waals surface area contributed by atoms with Crippen molar-refractivity contribution in [3.8, 4) is 0 Å². The highest BCUT2D eigenvalue weighted by Gasteiger charge is 1.95. The Bertz CT molecular complexity index is 461. The molecule has 0 saturated carbocycles. The van der Waals surface area contributed by atoms with Gasteiger partial charge in [-0.05, 0) is 50.4 Å². The quantitative estimate of drug-likeness (QED) is 0.656. The lowest BCUT2D eigenvalue weighted by Crippen LogP contribution is -1.73. The van der Waals surface area contributed by atoms with E-state index >= 15 is 0 Å². The normalized spacial score (nSPS) is 9.12. The minimum Gasteiger partial charge on any atom is -0.298 e. The number of hydrogen-bond acceptors (Lipinski definition) is 1. The SMILES string of the molecule is Cc1cccc(Br)c1Br.O=Cc1ccccc1. The van der Waals surface area contributed by atoms with E-state index in [0.717, 1.165) is 20.8 Å². The van der Waals surface area contributed by atoms with E-state index in [1.165, 1.54) is 5.56 Å². The molecule has 0 unspecified atom stereocenters. The zero-order valence-electron chi connectivity index (χ0n) is 9.36. The molecule has 1 nitrogen and oxygen atoms in total. The van der Waals surface area contributed by atoms with E-state index in [0.29, 0.717) is 0 Å². The fourth-order valence-corrected chi connectivity index (χ4v) is 1.87. The van der Waals surface area contributed by atoms with Gasteiger partial charge in [-0.3, -0.25) is 4.79 Å². The summed E-state index contributed by atoms with van der Waals surface area (Å²) < 4.78 is 2.26. The molecular weight excluding hydrogens is 344 g/mol. The number of benzene rings is 2. The van der Waals surface area contributed by atoms with Crippen LogP contribution < -0.4 is 0 Å². The van der Waals surface area contributed by atoms with Crippen LogP contribution in [0, 0.1) is 6.92 Å². The van der Waals surface area contributed by atoms with Crippen molar-refractivity contribution in [1.29, 1.82) is 0 Å². The predicted molar refractivity (Wildman–Crippen MR) is 78.4 cm³/mol. The van der Waals surface area contributed by atoms with Gasteiger partial charge in [0.05, 0.1) is 0 Å². The Kier molecular flexibility index (Phi) is 6.16. The van der Waals surface area contributed by atoms with Gasteiger partial charge < -0.3 is 0 Å². The lowest BCUT2D eigenvalue weighted by molar-refractivity contribution is 0.112. The number of aryl methyl sites for hydroxylation is 1. The second-order valence-electron chi connectivity index (χ2n) is 3.40. The van der Waals surface area contributed by atoms with Crippen molar-refractivity contribution in [3.63, 3.8) is 0 Å². The molecule has 2 aromatic rings. The third kappa shape index (κ3) is 4.84. The number of halogens is 2. The molecule has 0 aromatic heterocycles. The molecule has 3 heteroatoms. The summed E-state index contributed by atoms with van der Waals surface area (Å²) in [6, 6.07) is 15.2. The average Bonchev–Trinajstić information content (AvgIpc) is 2.37. The van der Waals surface area contributed by atoms with Gasteiger partial charge in [0.1, 0.15) is 6.29 Å². The summed E-state index contributed by atoms with van der Waals surface area (Å²) in [6.07, 6.45) is 0.833. The van der Waals surface area contributed by atoms with Crippen molar-refractivity contribution >= 4 is 38.1 Å². The summed E-state index contributed by atoms with van der Waals surface area (Å²) in [6.45, 7) is 2.06. The maximum absolute atomic E-state index is 10.0. The molecule has 0 spiro atoms. The highest BCUT2D eigenvalue weighted by Crippen LogP contribution is 2.25. The number of hydrogen-bond donors (Lipinski definition) is 0. The number of carbonyl (C=O) groups is 1. The van der Waals surface area contributed by atoms with Gasteiger partial charge >= 0.3 is 0 Å². The van der Waals surface area contributed by atoms with Crippen LogP contribution in [0.15, 0.2) is 57.5 Å². The molecule has 0 aliphatic heterocycles. The van der Waals surface area contributed by atoms with Crippen LogP contribution in [-0.4, -0.2) is 6.29 Å². The summed E-state index contributed by atoms with van der Waals surface area (Å²) in [5.74, 6) is 0. The van der Waals surface area contributed by atoms with Crippen molar-refractivity contribution in [2.75, 3.05) is 0 Å². The van der Waals surface area contributed by atoms with Crippen LogP contribution in [0.4, 0.5) is 0 Å². The van der Waals surface area contributed by atoms with Crippen molar-refractivity contribution in [2.24, 2.45) is 0 Å². The minimum absolute atomic E-state index is 0.729. The monoisotopic (exact) mass is 354 g/mol. The number of aldehydes is 1. The summed E-state index contributed by atoms with van der Waals surface area (Å²) >= 11 is 6.83. The molecule has 0 bridgehead atoms. The maximum Gasteiger partial charge on any atom is 0.150 e. The lowest BCUT2D eigenvalue weighted by Gasteiger charge is -1.97. The first-order valence-electron chi connectivity index (χ1n) is 5.06. The topological polar surface area (TPSA) is 17.1 Å². The van der Waals surface area contributed by atoms with Crippen molar-refractivity contribution in [3.05, 3.63) is 68.6 Å². The van der Waals surface area contributed by atoms with Crippen molar-refractivity contribution in [2.45, 2.75) is 6.92 Å². The van der Waals surface area contributed by atoms with E-state index in [9.17, 15) is 4.79 Å². The summed E-state index contributed by atoms with van der Waals surface area (Å²) in [7, 11) is 0. The molecular formula is C14H12Br2O. The number of rotatable bonds is 1. The Labute approximate surface area is 118 Å². The van der Waals surface area contributed by atoms with Crippen LogP contribution in [0.3, 0.4) is 0 Å². The molecule has 0 fully saturated rings. The fourth-order valence-electron chi connectivity index (χ4n) is 1.14. The summed E-state index contributed by atoms with van der Waals surface area (Å²) in [5, 5.41) is 0. The summed E-state index contributed by atoms with van der Waals surface area (Å²) in [4.78, 5) is 10.0. The van der Waals surface area contributed by atoms with E-state index in [4.69, 9.17) is 0 Å². The van der Waals surface area contributed by atoms with Gasteiger partial charge in [-0.1, -0.05) is 42.5 Å². The van der Waals surface area contributed by atoms with Crippen LogP contribution in [0.5, 0.6) is 0 Å². The van der Waals surface area contributed by atoms with Gasteiger partial charge in [0.25, 0.3) is 0 Å². The fraction of sp³-hybridized carbons (Fsp3) is 0.0714. The molecule has 0 heterocycles. The average molecular weight is 356 g/mol. The molecule has 0 radical (unpaired) electrons. The van der Waals surface area contributed by atoms with Crippen LogP contribution in [0.25, 0.3) is 0 Å². The molecule has 0 N–H and O–H groups in total. The Balaban J connectivity index is 0.000000171. The second kappa shape index (κ2) is 7.41. The molecule has 0 atom stereocenters. The van der Waals surface area contributed by atoms with Crippen LogP contribution in [-0.2, 0) is 0 Å². The van der Waals surface area contributed by atoms with Gasteiger partial charge in [0, 0.05) is 14.5 Å². The first-order chi connectivity index (χ1) is 8.15. The van der Waals surface area contributed by atoms with Gasteiger partial charge in [0.15, 0.2) is 0 Å². The summed E-state index contributed by atoms with van der Waals surface area (Å²) in [5.41, 5.74) is 1.98. The Morgan fingerprint density at radius 1 is 0.941 bits per heavy atom. The van der Waals surface area contributed by atoms with E-state index in [2.05, 4.69) is 44.8 Å². The second-order valence-corrected chi connectivity index (χ2v) is 5.05. The van der Waals surface area contributed by atoms with Gasteiger partial charge in [-0.15, -0.1) is 0 Å². The predicted octanol–water partition coefficient (Wildman–Crippen LogP) is 5.02. The first-order valence-corrected chi connectivity index (χ1v) is 6.64. The molecule has 2 rings (SSSR count). The molecule has 2 aromatic carbocycles. The Morgan fingerprint density at radius 3 is 2.00 bits per heavy atom. The largest absolute Gasteiger partial charge is 0.298 e. The Morgan fingerprint density at radius 2 is 1.59 bits per heavy atom. The molecule has 0 saturated heterocycles. The van der Waals surface area contributed by atoms with Gasteiger partial charge in [0.2, 0.25) is 0 Å². The van der Waals surface area contributed by atoms with Crippen LogP contribution in [0.1, 0.15) is 15.9 Å². The highest BCUT2D eigenvalue weighted by molar-refractivity contribution is 9.13. The zero-order valence-corrected chi connectivity index (χ0v) is 12.5. The minimum atomic E-state index is 0.729. The lowest BCUT2D eigenvalue weighted by atomic mass is 10.2. The first kappa shape index (κ1) is 14.1. The third-order valence-electron chi connectivity index (χ3n) is 2.08.